The number of carbonyl (C=O) groups excluding carboxylic acids is 2. The molecule has 0 aromatic heterocycles. The third-order valence-corrected chi connectivity index (χ3v) is 6.48. The van der Waals surface area contributed by atoms with E-state index in [4.69, 9.17) is 9.47 Å². The first-order valence-electron chi connectivity index (χ1n) is 10.8. The van der Waals surface area contributed by atoms with Crippen molar-refractivity contribution < 1.29 is 33.0 Å². The molecule has 0 spiro atoms. The van der Waals surface area contributed by atoms with Gasteiger partial charge in [-0.1, -0.05) is 0 Å². The summed E-state index contributed by atoms with van der Waals surface area (Å²) in [5.74, 6) is -0.706. The molecule has 7 nitrogen and oxygen atoms in total. The summed E-state index contributed by atoms with van der Waals surface area (Å²) in [6.45, 7) is -0.464. The molecule has 3 aliphatic rings. The first-order valence-corrected chi connectivity index (χ1v) is 10.8. The Morgan fingerprint density at radius 3 is 1.73 bits per heavy atom. The number of ether oxygens (including phenoxy) is 2. The van der Waals surface area contributed by atoms with Crippen molar-refractivity contribution in [2.75, 3.05) is 13.2 Å². The molecule has 0 heterocycles. The number of fused-ring (bicyclic) bond motifs is 3. The molecule has 1 atom stereocenters. The van der Waals surface area contributed by atoms with Gasteiger partial charge in [-0.15, -0.1) is 0 Å². The van der Waals surface area contributed by atoms with Crippen molar-refractivity contribution in [1.29, 1.82) is 0 Å². The highest BCUT2D eigenvalue weighted by atomic mass is 19.1. The number of amides is 2. The number of aliphatic hydroxyl groups is 1. The van der Waals surface area contributed by atoms with Gasteiger partial charge < -0.3 is 25.2 Å². The topological polar surface area (TPSA) is 96.9 Å². The number of hydrogen-bond donors (Lipinski definition) is 3. The van der Waals surface area contributed by atoms with Crippen LogP contribution in [0.5, 0.6) is 11.5 Å². The van der Waals surface area contributed by atoms with Crippen LogP contribution in [0.1, 0.15) is 32.1 Å². The smallest absolute Gasteiger partial charge is 0.258 e. The van der Waals surface area contributed by atoms with Crippen molar-refractivity contribution in [2.45, 2.75) is 49.3 Å². The molecule has 3 aliphatic carbocycles. The van der Waals surface area contributed by atoms with Gasteiger partial charge in [-0.2, -0.15) is 0 Å². The number of nitrogens with one attached hydrogen (secondary N) is 2. The summed E-state index contributed by atoms with van der Waals surface area (Å²) in [6.07, 6.45) is 1.71. The molecule has 2 bridgehead atoms. The van der Waals surface area contributed by atoms with E-state index in [1.807, 2.05) is 0 Å². The Morgan fingerprint density at radius 1 is 0.818 bits per heavy atom. The Labute approximate surface area is 190 Å². The summed E-state index contributed by atoms with van der Waals surface area (Å²) < 4.78 is 36.7. The van der Waals surface area contributed by atoms with Crippen molar-refractivity contribution in [3.63, 3.8) is 0 Å². The van der Waals surface area contributed by atoms with E-state index in [-0.39, 0.29) is 30.8 Å². The second-order valence-corrected chi connectivity index (χ2v) is 8.74. The van der Waals surface area contributed by atoms with Gasteiger partial charge in [0.15, 0.2) is 13.2 Å². The summed E-state index contributed by atoms with van der Waals surface area (Å²) >= 11 is 0. The second-order valence-electron chi connectivity index (χ2n) is 8.74. The van der Waals surface area contributed by atoms with Crippen molar-refractivity contribution in [3.05, 3.63) is 60.2 Å². The van der Waals surface area contributed by atoms with Crippen LogP contribution in [-0.4, -0.2) is 47.3 Å². The fourth-order valence-corrected chi connectivity index (χ4v) is 4.67. The van der Waals surface area contributed by atoms with Crippen LogP contribution in [0.3, 0.4) is 0 Å². The Balaban J connectivity index is 1.27. The molecule has 9 heteroatoms. The third-order valence-electron chi connectivity index (χ3n) is 6.48. The van der Waals surface area contributed by atoms with E-state index in [9.17, 15) is 23.5 Å². The van der Waals surface area contributed by atoms with Crippen LogP contribution in [0.2, 0.25) is 0 Å². The highest BCUT2D eigenvalue weighted by molar-refractivity contribution is 5.79. The average Bonchev–Trinajstić information content (AvgIpc) is 2.79. The fraction of sp³-hybridized carbons (Fsp3) is 0.417. The minimum atomic E-state index is -0.826. The predicted octanol–water partition coefficient (Wildman–Crippen LogP) is 2.47. The van der Waals surface area contributed by atoms with E-state index >= 15 is 0 Å². The van der Waals surface area contributed by atoms with E-state index in [2.05, 4.69) is 10.6 Å². The molecule has 33 heavy (non-hydrogen) atoms. The highest BCUT2D eigenvalue weighted by Crippen LogP contribution is 2.47. The Hall–Kier alpha value is -3.20. The molecule has 0 saturated heterocycles. The molecule has 176 valence electrons. The summed E-state index contributed by atoms with van der Waals surface area (Å²) in [6, 6.07) is 10.8. The van der Waals surface area contributed by atoms with Gasteiger partial charge in [0.25, 0.3) is 11.8 Å². The van der Waals surface area contributed by atoms with E-state index in [1.165, 1.54) is 48.5 Å². The Kier molecular flexibility index (Phi) is 6.51. The summed E-state index contributed by atoms with van der Waals surface area (Å²) in [5, 5.41) is 16.7. The fourth-order valence-electron chi connectivity index (χ4n) is 4.67. The molecule has 5 rings (SSSR count). The third kappa shape index (κ3) is 5.42. The molecule has 0 aliphatic heterocycles. The van der Waals surface area contributed by atoms with Gasteiger partial charge in [-0.3, -0.25) is 9.59 Å². The van der Waals surface area contributed by atoms with E-state index < -0.39 is 23.0 Å². The number of aliphatic hydroxyl groups excluding tert-OH is 1. The van der Waals surface area contributed by atoms with Crippen LogP contribution in [0.15, 0.2) is 48.5 Å². The molecule has 0 unspecified atom stereocenters. The maximum absolute atomic E-state index is 13.0. The average molecular weight is 460 g/mol. The van der Waals surface area contributed by atoms with E-state index in [0.717, 1.165) is 0 Å². The van der Waals surface area contributed by atoms with Crippen molar-refractivity contribution in [3.8, 4) is 11.5 Å². The normalized spacial score (nSPS) is 25.8. The first-order chi connectivity index (χ1) is 15.8. The number of benzene rings is 2. The molecule has 3 fully saturated rings. The molecule has 2 aromatic carbocycles. The maximum Gasteiger partial charge on any atom is 0.258 e. The summed E-state index contributed by atoms with van der Waals surface area (Å²) in [7, 11) is 0. The maximum atomic E-state index is 13.0. The Morgan fingerprint density at radius 2 is 1.27 bits per heavy atom. The van der Waals surface area contributed by atoms with Crippen LogP contribution in [0, 0.1) is 11.6 Å². The monoisotopic (exact) mass is 460 g/mol. The number of rotatable bonds is 8. The predicted molar refractivity (Wildman–Crippen MR) is 115 cm³/mol. The van der Waals surface area contributed by atoms with E-state index in [1.54, 1.807) is 0 Å². The molecule has 3 N–H and O–H groups in total. The lowest BCUT2D eigenvalue weighted by molar-refractivity contribution is -0.137. The largest absolute Gasteiger partial charge is 0.484 e. The van der Waals surface area contributed by atoms with Gasteiger partial charge in [0, 0.05) is 5.54 Å². The number of halogens is 2. The highest BCUT2D eigenvalue weighted by Gasteiger charge is 2.55. The number of hydrogen-bond acceptors (Lipinski definition) is 5. The number of carbonyl (C=O) groups is 2. The lowest BCUT2D eigenvalue weighted by atomic mass is 9.60. The molecule has 0 radical (unpaired) electrons. The molecular weight excluding hydrogens is 434 g/mol. The second kappa shape index (κ2) is 9.35. The summed E-state index contributed by atoms with van der Waals surface area (Å²) in [5.41, 5.74) is -1.32. The quantitative estimate of drug-likeness (QED) is 0.563. The van der Waals surface area contributed by atoms with Gasteiger partial charge in [0.1, 0.15) is 23.1 Å². The standard InChI is InChI=1S/C24H26F2N2O5/c25-16-1-5-18(6-2-16)32-14-21(30)27-23-9-11-24(12-10-23,20(29)13-23)28-22(31)15-33-19-7-3-17(26)4-8-19/h1-8,20,29H,9-15H2,(H,27,30)(H,28,31)/t20-,23?,24?/m0/s1. The van der Waals surface area contributed by atoms with Gasteiger partial charge in [-0.25, -0.2) is 8.78 Å². The van der Waals surface area contributed by atoms with Crippen molar-refractivity contribution in [1.82, 2.24) is 10.6 Å². The lowest BCUT2D eigenvalue weighted by Crippen LogP contribution is -2.70. The molecular formula is C24H26F2N2O5. The van der Waals surface area contributed by atoms with Crippen LogP contribution in [0.25, 0.3) is 0 Å². The SMILES string of the molecule is O=C(COc1ccc(F)cc1)NC12CCC(NC(=O)COc3ccc(F)cc3)(CC1)[C@@H](O)C2. The molecule has 2 aromatic rings. The summed E-state index contributed by atoms with van der Waals surface area (Å²) in [4.78, 5) is 24.9. The minimum Gasteiger partial charge on any atom is -0.484 e. The van der Waals surface area contributed by atoms with Crippen molar-refractivity contribution >= 4 is 11.8 Å². The zero-order valence-electron chi connectivity index (χ0n) is 18.0. The van der Waals surface area contributed by atoms with Crippen molar-refractivity contribution in [2.24, 2.45) is 0 Å². The molecule has 2 amide bonds. The van der Waals surface area contributed by atoms with Crippen LogP contribution in [-0.2, 0) is 9.59 Å². The van der Waals surface area contributed by atoms with Gasteiger partial charge in [-0.05, 0) is 80.6 Å². The van der Waals surface area contributed by atoms with Gasteiger partial charge in [0.2, 0.25) is 0 Å². The minimum absolute atomic E-state index is 0.216. The van der Waals surface area contributed by atoms with Gasteiger partial charge in [0.05, 0.1) is 11.6 Å². The van der Waals surface area contributed by atoms with Crippen LogP contribution in [0.4, 0.5) is 8.78 Å². The van der Waals surface area contributed by atoms with Gasteiger partial charge >= 0.3 is 0 Å². The zero-order chi connectivity index (χ0) is 23.5. The zero-order valence-corrected chi connectivity index (χ0v) is 18.0. The first kappa shape index (κ1) is 23.0. The van der Waals surface area contributed by atoms with Crippen LogP contribution >= 0.6 is 0 Å². The Bertz CT molecular complexity index is 989. The van der Waals surface area contributed by atoms with E-state index in [0.29, 0.717) is 43.6 Å². The molecule has 3 saturated carbocycles. The van der Waals surface area contributed by atoms with Crippen LogP contribution < -0.4 is 20.1 Å². The lowest BCUT2D eigenvalue weighted by Gasteiger charge is -2.56.